The maximum Gasteiger partial charge on any atom is 0.294 e. The first-order valence-corrected chi connectivity index (χ1v) is 17.2. The number of hydrogen-bond donors (Lipinski definition) is 4. The van der Waals surface area contributed by atoms with E-state index in [2.05, 4.69) is 93.8 Å². The quantitative estimate of drug-likeness (QED) is 0.146. The predicted molar refractivity (Wildman–Crippen MR) is 182 cm³/mol. The summed E-state index contributed by atoms with van der Waals surface area (Å²) in [6, 6.07) is 23.0. The number of fused-ring (bicyclic) bond motifs is 1. The number of amides is 1. The predicted octanol–water partition coefficient (Wildman–Crippen LogP) is 7.44. The van der Waals surface area contributed by atoms with Crippen LogP contribution in [-0.2, 0) is 27.6 Å². The molecule has 1 atom stereocenters. The highest BCUT2D eigenvalue weighted by Gasteiger charge is 2.39. The zero-order valence-electron chi connectivity index (χ0n) is 27.8. The van der Waals surface area contributed by atoms with E-state index in [1.165, 1.54) is 30.2 Å². The number of aryl methyl sites for hydroxylation is 3. The summed E-state index contributed by atoms with van der Waals surface area (Å²) in [5, 5.41) is 20.8. The Kier molecular flexibility index (Phi) is 10.3. The molecule has 0 bridgehead atoms. The van der Waals surface area contributed by atoms with Crippen LogP contribution >= 0.6 is 0 Å². The molecule has 1 amide bonds. The van der Waals surface area contributed by atoms with E-state index < -0.39 is 15.7 Å². The number of carbonyl (C=O) groups is 1. The second kappa shape index (κ2) is 13.7. The fourth-order valence-corrected chi connectivity index (χ4v) is 6.92. The van der Waals surface area contributed by atoms with Crippen LogP contribution in [0.1, 0.15) is 98.2 Å². The van der Waals surface area contributed by atoms with Gasteiger partial charge in [-0.05, 0) is 81.7 Å². The molecular formula is C36H46N4O5S. The van der Waals surface area contributed by atoms with E-state index in [-0.39, 0.29) is 28.1 Å². The number of nitrogens with one attached hydrogen (secondary N) is 2. The molecule has 10 heteroatoms. The minimum absolute atomic E-state index is 0.0703. The molecule has 5 rings (SSSR count). The third-order valence-electron chi connectivity index (χ3n) is 9.00. The molecular weight excluding hydrogens is 600 g/mol. The highest BCUT2D eigenvalue weighted by atomic mass is 32.2. The van der Waals surface area contributed by atoms with Gasteiger partial charge in [0.2, 0.25) is 0 Å². The number of carbonyl (C=O) groups excluding carboxylic acids is 1. The fraction of sp³-hybridized carbons (Fsp3) is 0.389. The first-order chi connectivity index (χ1) is 21.7. The molecule has 0 fully saturated rings. The molecule has 0 radical (unpaired) electrons. The van der Waals surface area contributed by atoms with Crippen LogP contribution in [0.4, 0.5) is 5.82 Å². The summed E-state index contributed by atoms with van der Waals surface area (Å²) < 4.78 is 32.0. The Hall–Kier alpha value is -4.15. The Bertz CT molecular complexity index is 1780. The van der Waals surface area contributed by atoms with Crippen LogP contribution in [-0.4, -0.2) is 33.8 Å². The standard InChI is InChI=1S/C29H38N4O.C7H8O4S/c1-7-21-15-17-23(18-16-21)29(8-2,9-3)31-27(34)25-20(4)32-33-26(25)30-24(19-28(33,5)6)22-13-11-10-12-14-22;1-5-2-3-6(8)4-7(5)12(9,10)11/h10-18,24,30H,7-9,19H2,1-6H3,(H,31,34);2-4,8H,1H3,(H,9,10,11)/t24-;/m1./s1. The van der Waals surface area contributed by atoms with Gasteiger partial charge in [0.25, 0.3) is 16.0 Å². The molecule has 0 spiro atoms. The lowest BCUT2D eigenvalue weighted by Gasteiger charge is -2.38. The van der Waals surface area contributed by atoms with Gasteiger partial charge in [0, 0.05) is 6.07 Å². The topological polar surface area (TPSA) is 134 Å². The monoisotopic (exact) mass is 646 g/mol. The van der Waals surface area contributed by atoms with Crippen molar-refractivity contribution in [2.24, 2.45) is 0 Å². The van der Waals surface area contributed by atoms with Crippen molar-refractivity contribution in [1.82, 2.24) is 15.1 Å². The molecule has 2 heterocycles. The molecule has 1 aliphatic heterocycles. The molecule has 1 aliphatic rings. The Labute approximate surface area is 272 Å². The van der Waals surface area contributed by atoms with Crippen molar-refractivity contribution in [2.75, 3.05) is 5.32 Å². The van der Waals surface area contributed by atoms with Gasteiger partial charge < -0.3 is 15.7 Å². The number of benzene rings is 3. The van der Waals surface area contributed by atoms with Crippen LogP contribution in [0.15, 0.2) is 77.7 Å². The van der Waals surface area contributed by atoms with E-state index in [0.29, 0.717) is 11.1 Å². The summed E-state index contributed by atoms with van der Waals surface area (Å²) in [6.45, 7) is 14.3. The molecule has 0 saturated carbocycles. The van der Waals surface area contributed by atoms with Gasteiger partial charge in [-0.15, -0.1) is 0 Å². The van der Waals surface area contributed by atoms with Crippen molar-refractivity contribution >= 4 is 21.8 Å². The minimum Gasteiger partial charge on any atom is -0.508 e. The maximum absolute atomic E-state index is 13.9. The zero-order valence-corrected chi connectivity index (χ0v) is 28.6. The van der Waals surface area contributed by atoms with Crippen LogP contribution in [0.2, 0.25) is 0 Å². The average molecular weight is 647 g/mol. The van der Waals surface area contributed by atoms with Crippen molar-refractivity contribution in [3.63, 3.8) is 0 Å². The van der Waals surface area contributed by atoms with Crippen LogP contribution in [0.25, 0.3) is 0 Å². The molecule has 9 nitrogen and oxygen atoms in total. The largest absolute Gasteiger partial charge is 0.508 e. The van der Waals surface area contributed by atoms with Crippen molar-refractivity contribution in [2.45, 2.75) is 96.2 Å². The summed E-state index contributed by atoms with van der Waals surface area (Å²) in [5.41, 5.74) is 4.83. The van der Waals surface area contributed by atoms with Gasteiger partial charge in [-0.25, -0.2) is 4.68 Å². The first-order valence-electron chi connectivity index (χ1n) is 15.8. The SMILES string of the molecule is CCc1ccc(C(CC)(CC)NC(=O)c2c(C)nn3c2N[C@@H](c2ccccc2)CC3(C)C)cc1.Cc1ccc(O)cc1S(=O)(=O)O. The number of aromatic nitrogens is 2. The molecule has 0 aliphatic carbocycles. The van der Waals surface area contributed by atoms with Crippen molar-refractivity contribution in [3.05, 3.63) is 106 Å². The number of phenolic OH excluding ortho intramolecular Hbond substituents is 1. The number of hydrogen-bond acceptors (Lipinski definition) is 6. The minimum atomic E-state index is -4.22. The van der Waals surface area contributed by atoms with E-state index in [1.54, 1.807) is 0 Å². The van der Waals surface area contributed by atoms with Crippen LogP contribution in [0.3, 0.4) is 0 Å². The summed E-state index contributed by atoms with van der Waals surface area (Å²) in [4.78, 5) is 13.6. The molecule has 1 aromatic heterocycles. The third kappa shape index (κ3) is 7.29. The van der Waals surface area contributed by atoms with E-state index in [4.69, 9.17) is 14.8 Å². The van der Waals surface area contributed by atoms with Crippen LogP contribution in [0, 0.1) is 13.8 Å². The molecule has 4 aromatic rings. The highest BCUT2D eigenvalue weighted by Crippen LogP contribution is 2.41. The van der Waals surface area contributed by atoms with E-state index in [1.807, 2.05) is 17.7 Å². The second-order valence-electron chi connectivity index (χ2n) is 12.6. The Balaban J connectivity index is 0.000000337. The van der Waals surface area contributed by atoms with Crippen LogP contribution in [0.5, 0.6) is 5.75 Å². The molecule has 246 valence electrons. The van der Waals surface area contributed by atoms with Gasteiger partial charge in [-0.1, -0.05) is 81.4 Å². The maximum atomic E-state index is 13.9. The molecule has 0 unspecified atom stereocenters. The third-order valence-corrected chi connectivity index (χ3v) is 10.00. The van der Waals surface area contributed by atoms with Crippen molar-refractivity contribution in [3.8, 4) is 5.75 Å². The smallest absolute Gasteiger partial charge is 0.294 e. The number of rotatable bonds is 8. The van der Waals surface area contributed by atoms with E-state index >= 15 is 0 Å². The summed E-state index contributed by atoms with van der Waals surface area (Å²) in [6.07, 6.45) is 3.52. The fourth-order valence-electron chi connectivity index (χ4n) is 6.17. The number of aromatic hydroxyl groups is 1. The summed E-state index contributed by atoms with van der Waals surface area (Å²) >= 11 is 0. The van der Waals surface area contributed by atoms with Gasteiger partial charge in [0.05, 0.1) is 22.8 Å². The lowest BCUT2D eigenvalue weighted by Crippen LogP contribution is -2.45. The lowest BCUT2D eigenvalue weighted by atomic mass is 9.83. The zero-order chi connectivity index (χ0) is 33.9. The first kappa shape index (κ1) is 34.7. The number of phenols is 1. The van der Waals surface area contributed by atoms with Gasteiger partial charge in [0.1, 0.15) is 22.0 Å². The normalized spacial score (nSPS) is 15.6. The van der Waals surface area contributed by atoms with E-state index in [0.717, 1.165) is 48.8 Å². The van der Waals surface area contributed by atoms with Gasteiger partial charge >= 0.3 is 0 Å². The Morgan fingerprint density at radius 1 is 1.02 bits per heavy atom. The highest BCUT2D eigenvalue weighted by molar-refractivity contribution is 7.85. The Morgan fingerprint density at radius 3 is 2.20 bits per heavy atom. The molecule has 0 saturated heterocycles. The molecule has 46 heavy (non-hydrogen) atoms. The number of anilines is 1. The van der Waals surface area contributed by atoms with E-state index in [9.17, 15) is 13.2 Å². The Morgan fingerprint density at radius 2 is 1.65 bits per heavy atom. The van der Waals surface area contributed by atoms with Gasteiger partial charge in [0.15, 0.2) is 0 Å². The van der Waals surface area contributed by atoms with Crippen molar-refractivity contribution < 1.29 is 22.9 Å². The second-order valence-corrected chi connectivity index (χ2v) is 14.0. The molecule has 4 N–H and O–H groups in total. The summed E-state index contributed by atoms with van der Waals surface area (Å²) in [5.74, 6) is 0.551. The van der Waals surface area contributed by atoms with Crippen LogP contribution < -0.4 is 10.6 Å². The van der Waals surface area contributed by atoms with Gasteiger partial charge in [-0.2, -0.15) is 13.5 Å². The van der Waals surface area contributed by atoms with Gasteiger partial charge in [-0.3, -0.25) is 9.35 Å². The van der Waals surface area contributed by atoms with Crippen molar-refractivity contribution in [1.29, 1.82) is 0 Å². The lowest BCUT2D eigenvalue weighted by molar-refractivity contribution is 0.0889. The average Bonchev–Trinajstić information content (AvgIpc) is 3.38. The molecule has 3 aromatic carbocycles. The number of nitrogens with zero attached hydrogens (tertiary/aromatic N) is 2. The summed E-state index contributed by atoms with van der Waals surface area (Å²) in [7, 11) is -4.22.